The van der Waals surface area contributed by atoms with E-state index in [0.717, 1.165) is 42.7 Å². The van der Waals surface area contributed by atoms with Crippen LogP contribution in [0.4, 0.5) is 10.5 Å². The van der Waals surface area contributed by atoms with Crippen LogP contribution in [0.1, 0.15) is 33.6 Å². The number of nitrogens with two attached hydrogens (primary N) is 1. The largest absolute Gasteiger partial charge is 0.447 e. The molecular formula is C31H36N5O4. The summed E-state index contributed by atoms with van der Waals surface area (Å²) in [6.45, 7) is 2.70. The summed E-state index contributed by atoms with van der Waals surface area (Å²) in [5.41, 5.74) is 9.10. The molecule has 3 aromatic rings. The first-order valence-corrected chi connectivity index (χ1v) is 13.6. The van der Waals surface area contributed by atoms with Crippen LogP contribution in [0.5, 0.6) is 0 Å². The van der Waals surface area contributed by atoms with E-state index >= 15 is 0 Å². The van der Waals surface area contributed by atoms with Gasteiger partial charge in [-0.2, -0.15) is 0 Å². The van der Waals surface area contributed by atoms with E-state index in [0.29, 0.717) is 30.8 Å². The highest BCUT2D eigenvalue weighted by Gasteiger charge is 2.28. The highest BCUT2D eigenvalue weighted by atomic mass is 16.6. The fourth-order valence-corrected chi connectivity index (χ4v) is 4.49. The van der Waals surface area contributed by atoms with Crippen molar-refractivity contribution < 1.29 is 19.1 Å². The number of anilines is 1. The van der Waals surface area contributed by atoms with Crippen LogP contribution in [0, 0.1) is 6.42 Å². The van der Waals surface area contributed by atoms with Gasteiger partial charge in [0.1, 0.15) is 6.61 Å². The molecule has 4 N–H and O–H groups in total. The molecule has 1 aliphatic rings. The molecule has 0 unspecified atom stereocenters. The number of amides is 2. The molecule has 2 amide bonds. The molecule has 1 aliphatic heterocycles. The van der Waals surface area contributed by atoms with Crippen molar-refractivity contribution in [1.29, 1.82) is 0 Å². The van der Waals surface area contributed by atoms with E-state index in [1.54, 1.807) is 29.3 Å². The molecule has 0 aliphatic carbocycles. The number of hydrogen-bond donors (Lipinski definition) is 3. The van der Waals surface area contributed by atoms with E-state index in [1.807, 2.05) is 59.6 Å². The number of ketones is 1. The number of carbonyl (C=O) groups is 3. The summed E-state index contributed by atoms with van der Waals surface area (Å²) in [6, 6.07) is 24.3. The Bertz CT molecular complexity index is 1260. The monoisotopic (exact) mass is 542 g/mol. The second-order valence-corrected chi connectivity index (χ2v) is 9.35. The van der Waals surface area contributed by atoms with Crippen molar-refractivity contribution in [2.75, 3.05) is 50.9 Å². The van der Waals surface area contributed by atoms with Gasteiger partial charge in [-0.3, -0.25) is 9.59 Å². The first kappa shape index (κ1) is 28.9. The van der Waals surface area contributed by atoms with Crippen molar-refractivity contribution in [2.24, 2.45) is 5.73 Å². The minimum Gasteiger partial charge on any atom is -0.447 e. The van der Waals surface area contributed by atoms with Gasteiger partial charge in [0.2, 0.25) is 0 Å². The SMILES string of the molecule is NCCNC(=O)c1ccc(C(=O)CNCCOC(=O)N(c2ccccc2-c2ccccc2)N2CC[CH]CC2)cc1. The molecule has 4 rings (SSSR count). The van der Waals surface area contributed by atoms with Gasteiger partial charge in [0.15, 0.2) is 5.78 Å². The molecule has 1 fully saturated rings. The minimum absolute atomic E-state index is 0.0821. The predicted molar refractivity (Wildman–Crippen MR) is 156 cm³/mol. The number of carbonyl (C=O) groups excluding carboxylic acids is 3. The molecule has 0 saturated carbocycles. The van der Waals surface area contributed by atoms with Crippen molar-refractivity contribution >= 4 is 23.5 Å². The van der Waals surface area contributed by atoms with E-state index < -0.39 is 6.09 Å². The zero-order valence-corrected chi connectivity index (χ0v) is 22.6. The normalized spacial score (nSPS) is 13.4. The fourth-order valence-electron chi connectivity index (χ4n) is 4.49. The van der Waals surface area contributed by atoms with Gasteiger partial charge in [-0.15, -0.1) is 0 Å². The van der Waals surface area contributed by atoms with Crippen LogP contribution in [0.3, 0.4) is 0 Å². The van der Waals surface area contributed by atoms with Crippen LogP contribution < -0.4 is 21.4 Å². The third-order valence-corrected chi connectivity index (χ3v) is 6.54. The summed E-state index contributed by atoms with van der Waals surface area (Å²) in [6.07, 6.45) is 3.55. The van der Waals surface area contributed by atoms with Crippen LogP contribution in [0.15, 0.2) is 78.9 Å². The van der Waals surface area contributed by atoms with Gasteiger partial charge < -0.3 is 21.1 Å². The maximum Gasteiger partial charge on any atom is 0.429 e. The van der Waals surface area contributed by atoms with Crippen molar-refractivity contribution in [1.82, 2.24) is 15.6 Å². The highest BCUT2D eigenvalue weighted by Crippen LogP contribution is 2.33. The van der Waals surface area contributed by atoms with Crippen molar-refractivity contribution in [3.05, 3.63) is 96.4 Å². The van der Waals surface area contributed by atoms with Gasteiger partial charge in [-0.1, -0.05) is 60.7 Å². The molecule has 209 valence electrons. The molecule has 0 bridgehead atoms. The van der Waals surface area contributed by atoms with Gasteiger partial charge in [0.05, 0.1) is 12.2 Å². The number of hydrazine groups is 1. The van der Waals surface area contributed by atoms with Crippen molar-refractivity contribution in [3.63, 3.8) is 0 Å². The van der Waals surface area contributed by atoms with E-state index in [4.69, 9.17) is 10.5 Å². The van der Waals surface area contributed by atoms with E-state index in [1.165, 1.54) is 0 Å². The average Bonchev–Trinajstić information content (AvgIpc) is 3.01. The van der Waals surface area contributed by atoms with Crippen LogP contribution in [0.2, 0.25) is 0 Å². The maximum absolute atomic E-state index is 13.4. The van der Waals surface area contributed by atoms with Crippen LogP contribution >= 0.6 is 0 Å². The number of para-hydroxylation sites is 1. The van der Waals surface area contributed by atoms with Gasteiger partial charge >= 0.3 is 6.09 Å². The Balaban J connectivity index is 1.33. The lowest BCUT2D eigenvalue weighted by Crippen LogP contribution is -2.50. The Morgan fingerprint density at radius 3 is 2.25 bits per heavy atom. The number of piperidine rings is 1. The third kappa shape index (κ3) is 7.75. The molecule has 1 saturated heterocycles. The van der Waals surface area contributed by atoms with Crippen molar-refractivity contribution in [3.8, 4) is 11.1 Å². The van der Waals surface area contributed by atoms with E-state index in [-0.39, 0.29) is 24.8 Å². The Morgan fingerprint density at radius 1 is 0.850 bits per heavy atom. The number of benzene rings is 3. The summed E-state index contributed by atoms with van der Waals surface area (Å²) in [5, 5.41) is 9.41. The fraction of sp³-hybridized carbons (Fsp3) is 0.290. The summed E-state index contributed by atoms with van der Waals surface area (Å²) in [7, 11) is 0. The number of rotatable bonds is 12. The zero-order valence-electron chi connectivity index (χ0n) is 22.6. The lowest BCUT2D eigenvalue weighted by Gasteiger charge is -2.37. The summed E-state index contributed by atoms with van der Waals surface area (Å²) >= 11 is 0. The third-order valence-electron chi connectivity index (χ3n) is 6.54. The number of Topliss-reactive ketones (excluding diaryl/α,β-unsaturated/α-hetero) is 1. The summed E-state index contributed by atoms with van der Waals surface area (Å²) in [4.78, 5) is 38.0. The lowest BCUT2D eigenvalue weighted by molar-refractivity contribution is 0.0950. The standard InChI is InChI=1S/C31H36N5O4/c32-17-18-34-30(38)26-15-13-25(14-16-26)29(37)23-33-19-22-40-31(39)36(35-20-7-2-8-21-35)28-12-6-5-11-27(28)24-9-3-1-4-10-24/h1-6,9-16,33H,7-8,17-23,32H2,(H,34,38). The first-order valence-electron chi connectivity index (χ1n) is 13.6. The second kappa shape index (κ2) is 14.9. The first-order chi connectivity index (χ1) is 19.6. The molecule has 9 heteroatoms. The van der Waals surface area contributed by atoms with Crippen LogP contribution in [-0.4, -0.2) is 68.7 Å². The predicted octanol–water partition coefficient (Wildman–Crippen LogP) is 3.67. The average molecular weight is 543 g/mol. The molecule has 3 aromatic carbocycles. The summed E-state index contributed by atoms with van der Waals surface area (Å²) < 4.78 is 5.67. The minimum atomic E-state index is -0.457. The molecule has 1 heterocycles. The molecule has 9 nitrogen and oxygen atoms in total. The van der Waals surface area contributed by atoms with Gasteiger partial charge in [0.25, 0.3) is 5.91 Å². The number of ether oxygens (including phenoxy) is 1. The molecular weight excluding hydrogens is 506 g/mol. The smallest absolute Gasteiger partial charge is 0.429 e. The van der Waals surface area contributed by atoms with Gasteiger partial charge in [-0.25, -0.2) is 14.8 Å². The zero-order chi connectivity index (χ0) is 28.2. The number of nitrogens with zero attached hydrogens (tertiary/aromatic N) is 2. The van der Waals surface area contributed by atoms with Gasteiger partial charge in [0, 0.05) is 49.4 Å². The lowest BCUT2D eigenvalue weighted by atomic mass is 10.0. The quantitative estimate of drug-likeness (QED) is 0.236. The van der Waals surface area contributed by atoms with Gasteiger partial charge in [-0.05, 0) is 43.0 Å². The van der Waals surface area contributed by atoms with E-state index in [9.17, 15) is 14.4 Å². The molecule has 0 aromatic heterocycles. The van der Waals surface area contributed by atoms with Crippen LogP contribution in [0.25, 0.3) is 11.1 Å². The maximum atomic E-state index is 13.4. The molecule has 40 heavy (non-hydrogen) atoms. The Morgan fingerprint density at radius 2 is 1.52 bits per heavy atom. The second-order valence-electron chi connectivity index (χ2n) is 9.35. The van der Waals surface area contributed by atoms with Crippen LogP contribution in [-0.2, 0) is 4.74 Å². The Labute approximate surface area is 235 Å². The summed E-state index contributed by atoms with van der Waals surface area (Å²) in [5.74, 6) is -0.351. The number of hydrogen-bond acceptors (Lipinski definition) is 7. The Kier molecular flexibility index (Phi) is 10.8. The van der Waals surface area contributed by atoms with Crippen molar-refractivity contribution in [2.45, 2.75) is 12.8 Å². The van der Waals surface area contributed by atoms with E-state index in [2.05, 4.69) is 17.1 Å². The molecule has 0 spiro atoms. The molecule has 1 radical (unpaired) electrons. The topological polar surface area (TPSA) is 117 Å². The molecule has 0 atom stereocenters. The highest BCUT2D eigenvalue weighted by molar-refractivity contribution is 5.99. The Hall–Kier alpha value is -4.05. The number of nitrogens with one attached hydrogen (secondary N) is 2.